The van der Waals surface area contributed by atoms with E-state index in [0.29, 0.717) is 17.1 Å². The van der Waals surface area contributed by atoms with Crippen LogP contribution in [0, 0.1) is 5.41 Å². The second-order valence-electron chi connectivity index (χ2n) is 6.86. The molecule has 1 unspecified atom stereocenters. The molecule has 8 nitrogen and oxygen atoms in total. The maximum Gasteiger partial charge on any atom is 0.303 e. The zero-order chi connectivity index (χ0) is 19.3. The lowest BCUT2D eigenvalue weighted by atomic mass is 9.85. The molecule has 0 aliphatic carbocycles. The topological polar surface area (TPSA) is 115 Å². The number of nitrogens with zero attached hydrogens (tertiary/aromatic N) is 2. The maximum atomic E-state index is 12.2. The summed E-state index contributed by atoms with van der Waals surface area (Å²) in [5.41, 5.74) is 0.0404. The highest BCUT2D eigenvalue weighted by atomic mass is 16.5. The standard InChI is InChI=1S/C18H23N3O5/c1-11(19-14(22)9-18(2,3)10-15(23)24)17-20-16(21-26-17)12-7-5-6-8-13(12)25-4/h5-8,11H,9-10H2,1-4H3,(H,19,22)(H,23,24). The van der Waals surface area contributed by atoms with Crippen molar-refractivity contribution >= 4 is 11.9 Å². The molecule has 0 fully saturated rings. The lowest BCUT2D eigenvalue weighted by Gasteiger charge is -2.22. The third-order valence-electron chi connectivity index (χ3n) is 3.81. The normalized spacial score (nSPS) is 12.5. The van der Waals surface area contributed by atoms with E-state index in [1.165, 1.54) is 0 Å². The average Bonchev–Trinajstić information content (AvgIpc) is 3.02. The van der Waals surface area contributed by atoms with E-state index in [0.717, 1.165) is 0 Å². The molecule has 0 saturated heterocycles. The molecule has 0 aliphatic rings. The molecule has 0 radical (unpaired) electrons. The summed E-state index contributed by atoms with van der Waals surface area (Å²) in [7, 11) is 1.56. The van der Waals surface area contributed by atoms with Gasteiger partial charge in [-0.3, -0.25) is 9.59 Å². The Morgan fingerprint density at radius 1 is 1.31 bits per heavy atom. The fourth-order valence-electron chi connectivity index (χ4n) is 2.61. The van der Waals surface area contributed by atoms with E-state index in [4.69, 9.17) is 14.4 Å². The van der Waals surface area contributed by atoms with Crippen molar-refractivity contribution in [3.05, 3.63) is 30.2 Å². The molecule has 1 aromatic carbocycles. The van der Waals surface area contributed by atoms with Crippen molar-refractivity contribution in [1.82, 2.24) is 15.5 Å². The molecule has 1 heterocycles. The van der Waals surface area contributed by atoms with Crippen molar-refractivity contribution in [2.24, 2.45) is 5.41 Å². The van der Waals surface area contributed by atoms with Crippen molar-refractivity contribution in [2.45, 2.75) is 39.7 Å². The fourth-order valence-corrected chi connectivity index (χ4v) is 2.61. The third kappa shape index (κ3) is 5.05. The summed E-state index contributed by atoms with van der Waals surface area (Å²) >= 11 is 0. The average molecular weight is 361 g/mol. The number of rotatable bonds is 8. The van der Waals surface area contributed by atoms with Gasteiger partial charge in [-0.25, -0.2) is 0 Å². The van der Waals surface area contributed by atoms with Gasteiger partial charge >= 0.3 is 5.97 Å². The predicted molar refractivity (Wildman–Crippen MR) is 93.5 cm³/mol. The third-order valence-corrected chi connectivity index (χ3v) is 3.81. The van der Waals surface area contributed by atoms with Crippen LogP contribution in [0.15, 0.2) is 28.8 Å². The lowest BCUT2D eigenvalue weighted by Crippen LogP contribution is -2.32. The van der Waals surface area contributed by atoms with Gasteiger partial charge in [0.15, 0.2) is 0 Å². The van der Waals surface area contributed by atoms with Crippen molar-refractivity contribution in [1.29, 1.82) is 0 Å². The summed E-state index contributed by atoms with van der Waals surface area (Å²) < 4.78 is 10.5. The van der Waals surface area contributed by atoms with E-state index in [2.05, 4.69) is 15.5 Å². The molecular weight excluding hydrogens is 338 g/mol. The fraction of sp³-hybridized carbons (Fsp3) is 0.444. The number of carboxylic acid groups (broad SMARTS) is 1. The van der Waals surface area contributed by atoms with Crippen LogP contribution in [-0.2, 0) is 9.59 Å². The number of benzene rings is 1. The smallest absolute Gasteiger partial charge is 0.303 e. The molecule has 140 valence electrons. The SMILES string of the molecule is COc1ccccc1-c1noc(C(C)NC(=O)CC(C)(C)CC(=O)O)n1. The molecule has 0 saturated carbocycles. The Labute approximate surface area is 151 Å². The van der Waals surface area contributed by atoms with Gasteiger partial charge in [-0.15, -0.1) is 0 Å². The van der Waals surface area contributed by atoms with Gasteiger partial charge in [-0.1, -0.05) is 31.1 Å². The molecule has 2 rings (SSSR count). The van der Waals surface area contributed by atoms with Gasteiger partial charge in [-0.05, 0) is 24.5 Å². The van der Waals surface area contributed by atoms with E-state index in [9.17, 15) is 9.59 Å². The van der Waals surface area contributed by atoms with Crippen LogP contribution in [0.25, 0.3) is 11.4 Å². The molecule has 0 aliphatic heterocycles. The first kappa shape index (κ1) is 19.4. The molecule has 1 atom stereocenters. The van der Waals surface area contributed by atoms with Crippen LogP contribution < -0.4 is 10.1 Å². The number of carboxylic acids is 1. The summed E-state index contributed by atoms with van der Waals surface area (Å²) in [6.07, 6.45) is -0.00947. The largest absolute Gasteiger partial charge is 0.496 e. The molecule has 0 bridgehead atoms. The van der Waals surface area contributed by atoms with Crippen LogP contribution in [0.2, 0.25) is 0 Å². The number of nitrogens with one attached hydrogen (secondary N) is 1. The van der Waals surface area contributed by atoms with Crippen molar-refractivity contribution in [3.8, 4) is 17.1 Å². The number of aliphatic carboxylic acids is 1. The highest BCUT2D eigenvalue weighted by Crippen LogP contribution is 2.28. The van der Waals surface area contributed by atoms with Crippen LogP contribution in [0.5, 0.6) is 5.75 Å². The quantitative estimate of drug-likeness (QED) is 0.743. The Kier molecular flexibility index (Phi) is 5.97. The number of hydrogen-bond acceptors (Lipinski definition) is 6. The number of carbonyl (C=O) groups excluding carboxylic acids is 1. The van der Waals surface area contributed by atoms with E-state index >= 15 is 0 Å². The first-order valence-corrected chi connectivity index (χ1v) is 8.20. The second kappa shape index (κ2) is 7.99. The summed E-state index contributed by atoms with van der Waals surface area (Å²) in [4.78, 5) is 27.4. The molecule has 2 aromatic rings. The molecule has 8 heteroatoms. The number of aromatic nitrogens is 2. The molecule has 26 heavy (non-hydrogen) atoms. The van der Waals surface area contributed by atoms with Gasteiger partial charge in [0.1, 0.15) is 11.8 Å². The van der Waals surface area contributed by atoms with Crippen molar-refractivity contribution < 1.29 is 24.0 Å². The number of para-hydroxylation sites is 1. The predicted octanol–water partition coefficient (Wildman–Crippen LogP) is 2.81. The van der Waals surface area contributed by atoms with Gasteiger partial charge in [-0.2, -0.15) is 4.98 Å². The summed E-state index contributed by atoms with van der Waals surface area (Å²) in [6, 6.07) is 6.78. The zero-order valence-electron chi connectivity index (χ0n) is 15.3. The summed E-state index contributed by atoms with van der Waals surface area (Å²) in [6.45, 7) is 5.19. The van der Waals surface area contributed by atoms with E-state index in [1.807, 2.05) is 18.2 Å². The summed E-state index contributed by atoms with van der Waals surface area (Å²) in [5.74, 6) is 0.0296. The first-order valence-electron chi connectivity index (χ1n) is 8.20. The minimum absolute atomic E-state index is 0.0805. The van der Waals surface area contributed by atoms with Crippen LogP contribution in [-0.4, -0.2) is 34.2 Å². The van der Waals surface area contributed by atoms with Crippen LogP contribution in [0.4, 0.5) is 0 Å². The summed E-state index contributed by atoms with van der Waals surface area (Å²) in [5, 5.41) is 15.6. The van der Waals surface area contributed by atoms with E-state index in [-0.39, 0.29) is 24.6 Å². The van der Waals surface area contributed by atoms with Gasteiger partial charge in [0.2, 0.25) is 17.6 Å². The van der Waals surface area contributed by atoms with Gasteiger partial charge in [0, 0.05) is 6.42 Å². The Bertz CT molecular complexity index is 785. The Morgan fingerprint density at radius 2 is 2.00 bits per heavy atom. The first-order chi connectivity index (χ1) is 12.2. The highest BCUT2D eigenvalue weighted by molar-refractivity contribution is 5.78. The van der Waals surface area contributed by atoms with E-state index < -0.39 is 17.4 Å². The molecular formula is C18H23N3O5. The molecule has 0 spiro atoms. The number of hydrogen-bond donors (Lipinski definition) is 2. The Balaban J connectivity index is 2.05. The van der Waals surface area contributed by atoms with Crippen LogP contribution in [0.1, 0.15) is 45.5 Å². The minimum Gasteiger partial charge on any atom is -0.496 e. The Hall–Kier alpha value is -2.90. The molecule has 1 amide bonds. The van der Waals surface area contributed by atoms with Crippen LogP contribution >= 0.6 is 0 Å². The minimum atomic E-state index is -0.936. The number of methoxy groups -OCH3 is 1. The van der Waals surface area contributed by atoms with Crippen LogP contribution in [0.3, 0.4) is 0 Å². The number of ether oxygens (including phenoxy) is 1. The highest BCUT2D eigenvalue weighted by Gasteiger charge is 2.27. The van der Waals surface area contributed by atoms with Gasteiger partial charge in [0.25, 0.3) is 0 Å². The molecule has 1 aromatic heterocycles. The van der Waals surface area contributed by atoms with Gasteiger partial charge in [0.05, 0.1) is 19.1 Å². The zero-order valence-corrected chi connectivity index (χ0v) is 15.3. The number of carbonyl (C=O) groups is 2. The second-order valence-corrected chi connectivity index (χ2v) is 6.86. The number of amides is 1. The molecule has 2 N–H and O–H groups in total. The van der Waals surface area contributed by atoms with Crippen molar-refractivity contribution in [3.63, 3.8) is 0 Å². The van der Waals surface area contributed by atoms with Crippen molar-refractivity contribution in [2.75, 3.05) is 7.11 Å². The van der Waals surface area contributed by atoms with E-state index in [1.54, 1.807) is 33.9 Å². The monoisotopic (exact) mass is 361 g/mol. The Morgan fingerprint density at radius 3 is 2.65 bits per heavy atom. The lowest BCUT2D eigenvalue weighted by molar-refractivity contribution is -0.139. The maximum absolute atomic E-state index is 12.2. The van der Waals surface area contributed by atoms with Gasteiger partial charge < -0.3 is 19.7 Å².